The summed E-state index contributed by atoms with van der Waals surface area (Å²) in [5.74, 6) is -2.94. The zero-order valence-electron chi connectivity index (χ0n) is 23.4. The van der Waals surface area contributed by atoms with Gasteiger partial charge in [-0.25, -0.2) is 4.79 Å². The number of aryl methyl sites for hydroxylation is 1. The summed E-state index contributed by atoms with van der Waals surface area (Å²) in [4.78, 5) is 39.2. The van der Waals surface area contributed by atoms with E-state index in [9.17, 15) is 27.9 Å². The van der Waals surface area contributed by atoms with Crippen molar-refractivity contribution >= 4 is 27.8 Å². The van der Waals surface area contributed by atoms with Gasteiger partial charge in [-0.05, 0) is 67.9 Å². The van der Waals surface area contributed by atoms with Crippen LogP contribution < -0.4 is 0 Å². The largest absolute Gasteiger partial charge is 0.479 e. The molecular formula is C30H40O8S. The molecular weight excluding hydrogens is 520 g/mol. The lowest BCUT2D eigenvalue weighted by Crippen LogP contribution is -2.64. The number of Topliss-reactive ketones (excluding diaryl/α,β-unsaturated/α-hetero) is 1. The highest BCUT2D eigenvalue weighted by Gasteiger charge is 2.70. The van der Waals surface area contributed by atoms with Crippen LogP contribution in [0.1, 0.15) is 78.2 Å². The van der Waals surface area contributed by atoms with E-state index in [1.807, 2.05) is 20.8 Å². The van der Waals surface area contributed by atoms with E-state index in [1.165, 1.54) is 12.1 Å². The number of hydrogen-bond donors (Lipinski definition) is 1. The number of ether oxygens (including phenoxy) is 1. The molecule has 0 aromatic heterocycles. The Balaban J connectivity index is 1.68. The van der Waals surface area contributed by atoms with Crippen molar-refractivity contribution in [3.63, 3.8) is 0 Å². The van der Waals surface area contributed by atoms with Gasteiger partial charge < -0.3 is 9.84 Å². The average molecular weight is 561 g/mol. The smallest absolute Gasteiger partial charge is 0.334 e. The van der Waals surface area contributed by atoms with Crippen LogP contribution in [0.4, 0.5) is 0 Å². The molecule has 0 amide bonds. The van der Waals surface area contributed by atoms with Crippen molar-refractivity contribution in [1.82, 2.24) is 0 Å². The third-order valence-corrected chi connectivity index (χ3v) is 12.6. The number of carboxylic acids is 1. The first-order valence-corrected chi connectivity index (χ1v) is 15.5. The molecule has 9 atom stereocenters. The van der Waals surface area contributed by atoms with E-state index in [0.29, 0.717) is 19.3 Å². The van der Waals surface area contributed by atoms with Gasteiger partial charge in [-0.3, -0.25) is 13.8 Å². The van der Waals surface area contributed by atoms with Gasteiger partial charge in [-0.1, -0.05) is 45.4 Å². The second-order valence-electron chi connectivity index (χ2n) is 13.2. The van der Waals surface area contributed by atoms with Crippen LogP contribution in [-0.4, -0.2) is 43.5 Å². The van der Waals surface area contributed by atoms with Crippen LogP contribution in [0, 0.1) is 46.8 Å². The van der Waals surface area contributed by atoms with Crippen LogP contribution in [0.25, 0.3) is 0 Å². The van der Waals surface area contributed by atoms with Gasteiger partial charge in [0, 0.05) is 36.0 Å². The average Bonchev–Trinajstić information content (AvgIpc) is 3.23. The molecule has 214 valence electrons. The number of fused-ring (bicyclic) bond motifs is 1. The highest BCUT2D eigenvalue weighted by molar-refractivity contribution is 7.86. The number of hydrogen-bond acceptors (Lipinski definition) is 7. The summed E-state index contributed by atoms with van der Waals surface area (Å²) in [6, 6.07) is 6.11. The van der Waals surface area contributed by atoms with Crippen molar-refractivity contribution in [3.8, 4) is 0 Å². The van der Waals surface area contributed by atoms with Crippen molar-refractivity contribution in [2.45, 2.75) is 96.7 Å². The number of ketones is 1. The van der Waals surface area contributed by atoms with Crippen molar-refractivity contribution in [1.29, 1.82) is 0 Å². The normalized spacial score (nSPS) is 41.0. The van der Waals surface area contributed by atoms with Crippen molar-refractivity contribution in [3.05, 3.63) is 29.8 Å². The Labute approximate surface area is 231 Å². The molecule has 3 saturated carbocycles. The molecule has 1 aromatic rings. The van der Waals surface area contributed by atoms with E-state index in [0.717, 1.165) is 18.4 Å². The second-order valence-corrected chi connectivity index (χ2v) is 14.8. The first-order valence-electron chi connectivity index (χ1n) is 14.1. The fourth-order valence-electron chi connectivity index (χ4n) is 9.01. The Hall–Kier alpha value is -2.26. The highest BCUT2D eigenvalue weighted by Crippen LogP contribution is 2.70. The molecule has 0 radical (unpaired) electrons. The lowest BCUT2D eigenvalue weighted by molar-refractivity contribution is -0.218. The fourth-order valence-corrected chi connectivity index (χ4v) is 10.1. The van der Waals surface area contributed by atoms with E-state index in [2.05, 4.69) is 13.8 Å². The van der Waals surface area contributed by atoms with Gasteiger partial charge in [0.25, 0.3) is 10.1 Å². The lowest BCUT2D eigenvalue weighted by Gasteiger charge is -2.64. The number of rotatable bonds is 5. The van der Waals surface area contributed by atoms with Gasteiger partial charge >= 0.3 is 11.9 Å². The molecule has 1 N–H and O–H groups in total. The maximum absolute atomic E-state index is 13.7. The standard InChI is InChI=1S/C30H40O8S/c1-17-6-8-20(9-7-17)39(35,36)38-24(27(33)34)21-16-28(4)13-12-23(32)37-26(28)19(3)30-14-10-18(2)29(21,5)25(30)22(31)11-15-30/h6-9,18-19,21,24-26H,10-16H2,1-5H3,(H,33,34)/t18-,19+,21+,24?,25+,26+,28-,29-,30+/m1/s1. The van der Waals surface area contributed by atoms with Gasteiger partial charge in [0.05, 0.1) is 4.90 Å². The third-order valence-electron chi connectivity index (χ3n) is 11.3. The molecule has 2 bridgehead atoms. The van der Waals surface area contributed by atoms with Crippen molar-refractivity contribution in [2.24, 2.45) is 39.9 Å². The summed E-state index contributed by atoms with van der Waals surface area (Å²) in [7, 11) is -4.42. The summed E-state index contributed by atoms with van der Waals surface area (Å²) < 4.78 is 38.6. The van der Waals surface area contributed by atoms with Crippen LogP contribution in [0.2, 0.25) is 0 Å². The summed E-state index contributed by atoms with van der Waals surface area (Å²) in [6.07, 6.45) is 1.43. The van der Waals surface area contributed by atoms with Crippen molar-refractivity contribution < 1.29 is 36.8 Å². The quantitative estimate of drug-likeness (QED) is 0.397. The molecule has 39 heavy (non-hydrogen) atoms. The molecule has 0 spiro atoms. The second kappa shape index (κ2) is 9.40. The van der Waals surface area contributed by atoms with E-state index in [4.69, 9.17) is 8.92 Å². The van der Waals surface area contributed by atoms with Crippen LogP contribution in [0.15, 0.2) is 29.2 Å². The van der Waals surface area contributed by atoms with Crippen LogP contribution in [0.3, 0.4) is 0 Å². The number of carboxylic acid groups (broad SMARTS) is 1. The maximum Gasteiger partial charge on any atom is 0.334 e. The zero-order chi connectivity index (χ0) is 28.5. The van der Waals surface area contributed by atoms with E-state index in [1.54, 1.807) is 12.1 Å². The molecule has 1 heterocycles. The topological polar surface area (TPSA) is 124 Å². The van der Waals surface area contributed by atoms with Gasteiger partial charge in [0.15, 0.2) is 6.10 Å². The van der Waals surface area contributed by atoms with Crippen molar-refractivity contribution in [2.75, 3.05) is 0 Å². The van der Waals surface area contributed by atoms with Gasteiger partial charge in [-0.2, -0.15) is 8.42 Å². The van der Waals surface area contributed by atoms with E-state index < -0.39 is 56.4 Å². The lowest BCUT2D eigenvalue weighted by atomic mass is 9.41. The molecule has 4 fully saturated rings. The molecule has 1 unspecified atom stereocenters. The molecule has 1 saturated heterocycles. The predicted octanol–water partition coefficient (Wildman–Crippen LogP) is 4.92. The summed E-state index contributed by atoms with van der Waals surface area (Å²) in [5.41, 5.74) is -0.992. The molecule has 4 aliphatic rings. The molecule has 8 nitrogen and oxygen atoms in total. The minimum absolute atomic E-state index is 0.0336. The first kappa shape index (κ1) is 28.3. The molecule has 9 heteroatoms. The van der Waals surface area contributed by atoms with E-state index >= 15 is 0 Å². The Morgan fingerprint density at radius 1 is 1.08 bits per heavy atom. The Morgan fingerprint density at radius 3 is 2.38 bits per heavy atom. The Bertz CT molecular complexity index is 1290. The SMILES string of the molecule is Cc1ccc(S(=O)(=O)OC(C(=O)O)[C@@H]2C[C@@]3(C)CCC(=O)O[C@H]3[C@H](C)[C@]34CCC(=O)[C@H]3[C@]2(C)[C@H](C)CC4)cc1. The highest BCUT2D eigenvalue weighted by atomic mass is 32.2. The van der Waals surface area contributed by atoms with Crippen LogP contribution >= 0.6 is 0 Å². The summed E-state index contributed by atoms with van der Waals surface area (Å²) in [6.45, 7) is 10.0. The van der Waals surface area contributed by atoms with Gasteiger partial charge in [-0.15, -0.1) is 0 Å². The Morgan fingerprint density at radius 2 is 1.74 bits per heavy atom. The molecule has 1 aromatic carbocycles. The number of carbonyl (C=O) groups excluding carboxylic acids is 2. The van der Waals surface area contributed by atoms with Gasteiger partial charge in [0.1, 0.15) is 11.9 Å². The third kappa shape index (κ3) is 4.26. The zero-order valence-corrected chi connectivity index (χ0v) is 24.3. The first-order chi connectivity index (χ1) is 18.2. The van der Waals surface area contributed by atoms with Gasteiger partial charge in [0.2, 0.25) is 0 Å². The molecule has 5 rings (SSSR count). The number of carbonyl (C=O) groups is 3. The number of esters is 1. The monoisotopic (exact) mass is 560 g/mol. The summed E-state index contributed by atoms with van der Waals surface area (Å²) >= 11 is 0. The molecule has 1 aliphatic heterocycles. The minimum Gasteiger partial charge on any atom is -0.479 e. The minimum atomic E-state index is -4.42. The summed E-state index contributed by atoms with van der Waals surface area (Å²) in [5, 5.41) is 10.6. The molecule has 3 aliphatic carbocycles. The fraction of sp³-hybridized carbons (Fsp3) is 0.700. The predicted molar refractivity (Wildman–Crippen MR) is 142 cm³/mol. The number of benzene rings is 1. The maximum atomic E-state index is 13.7. The van der Waals surface area contributed by atoms with Crippen LogP contribution in [-0.2, 0) is 33.4 Å². The Kier molecular flexibility index (Phi) is 6.81. The van der Waals surface area contributed by atoms with Crippen LogP contribution in [0.5, 0.6) is 0 Å². The van der Waals surface area contributed by atoms with E-state index in [-0.39, 0.29) is 41.3 Å². The number of aliphatic carboxylic acids is 1.